The lowest BCUT2D eigenvalue weighted by Gasteiger charge is -2.24. The van der Waals surface area contributed by atoms with Crippen molar-refractivity contribution in [1.29, 1.82) is 0 Å². The summed E-state index contributed by atoms with van der Waals surface area (Å²) < 4.78 is 0. The fraction of sp³-hybridized carbons (Fsp3) is 0.412. The van der Waals surface area contributed by atoms with Gasteiger partial charge in [-0.25, -0.2) is 9.97 Å². The Balaban J connectivity index is 2.31. The molecule has 2 rings (SSSR count). The number of nitrogens with zero attached hydrogens (tertiary/aromatic N) is 3. The van der Waals surface area contributed by atoms with Crippen LogP contribution < -0.4 is 4.90 Å². The third-order valence-corrected chi connectivity index (χ3v) is 3.57. The van der Waals surface area contributed by atoms with Gasteiger partial charge in [0.05, 0.1) is 6.61 Å². The summed E-state index contributed by atoms with van der Waals surface area (Å²) in [5.41, 5.74) is 2.02. The van der Waals surface area contributed by atoms with Crippen molar-refractivity contribution in [3.63, 3.8) is 0 Å². The first-order valence-electron chi connectivity index (χ1n) is 7.45. The van der Waals surface area contributed by atoms with E-state index in [9.17, 15) is 5.11 Å². The predicted octanol–water partition coefficient (Wildman–Crippen LogP) is 3.56. The summed E-state index contributed by atoms with van der Waals surface area (Å²) in [4.78, 5) is 11.2. The summed E-state index contributed by atoms with van der Waals surface area (Å²) in [6, 6.07) is 9.69. The van der Waals surface area contributed by atoms with Gasteiger partial charge in [-0.15, -0.1) is 0 Å². The minimum Gasteiger partial charge on any atom is -0.395 e. The highest BCUT2D eigenvalue weighted by Crippen LogP contribution is 2.20. The molecule has 1 heterocycles. The molecule has 0 radical (unpaired) electrons. The molecule has 0 spiro atoms. The molecule has 0 fully saturated rings. The Morgan fingerprint density at radius 2 is 2.00 bits per heavy atom. The highest BCUT2D eigenvalue weighted by atomic mass is 35.5. The van der Waals surface area contributed by atoms with Crippen molar-refractivity contribution in [3.8, 4) is 0 Å². The largest absolute Gasteiger partial charge is 0.395 e. The number of aryl methyl sites for hydroxylation is 1. The van der Waals surface area contributed by atoms with Gasteiger partial charge in [-0.05, 0) is 24.6 Å². The average molecular weight is 320 g/mol. The van der Waals surface area contributed by atoms with Gasteiger partial charge in [0.15, 0.2) is 0 Å². The first-order chi connectivity index (χ1) is 10.5. The standard InChI is InChI=1S/C17H22ClN3O/c1-12(2)17-19-13(3)9-16(20-17)21(7-8-22)11-14-5-4-6-15(18)10-14/h4-6,9-10,12,22H,7-8,11H2,1-3H3. The van der Waals surface area contributed by atoms with Crippen LogP contribution >= 0.6 is 11.6 Å². The number of aliphatic hydroxyl groups excluding tert-OH is 1. The lowest BCUT2D eigenvalue weighted by Crippen LogP contribution is -2.27. The van der Waals surface area contributed by atoms with Crippen LogP contribution in [0.2, 0.25) is 5.02 Å². The highest BCUT2D eigenvalue weighted by Gasteiger charge is 2.13. The van der Waals surface area contributed by atoms with E-state index in [2.05, 4.69) is 23.8 Å². The Bertz CT molecular complexity index is 631. The van der Waals surface area contributed by atoms with Gasteiger partial charge in [0.2, 0.25) is 0 Å². The lowest BCUT2D eigenvalue weighted by atomic mass is 10.2. The van der Waals surface area contributed by atoms with Crippen LogP contribution in [0.3, 0.4) is 0 Å². The molecule has 1 aromatic heterocycles. The van der Waals surface area contributed by atoms with Crippen LogP contribution in [-0.4, -0.2) is 28.2 Å². The number of benzene rings is 1. The SMILES string of the molecule is Cc1cc(N(CCO)Cc2cccc(Cl)c2)nc(C(C)C)n1. The molecule has 0 unspecified atom stereocenters. The molecule has 5 heteroatoms. The van der Waals surface area contributed by atoms with Crippen LogP contribution in [-0.2, 0) is 6.54 Å². The van der Waals surface area contributed by atoms with Gasteiger partial charge in [-0.1, -0.05) is 37.6 Å². The van der Waals surface area contributed by atoms with Gasteiger partial charge >= 0.3 is 0 Å². The van der Waals surface area contributed by atoms with Crippen LogP contribution in [0.4, 0.5) is 5.82 Å². The Hall–Kier alpha value is -1.65. The molecule has 0 amide bonds. The molecule has 0 aliphatic heterocycles. The number of rotatable bonds is 6. The summed E-state index contributed by atoms with van der Waals surface area (Å²) in [7, 11) is 0. The summed E-state index contributed by atoms with van der Waals surface area (Å²) in [6.07, 6.45) is 0. The predicted molar refractivity (Wildman–Crippen MR) is 90.4 cm³/mol. The van der Waals surface area contributed by atoms with Crippen LogP contribution in [0.25, 0.3) is 0 Å². The normalized spacial score (nSPS) is 11.0. The minimum absolute atomic E-state index is 0.0701. The molecule has 1 aromatic carbocycles. The molecular formula is C17H22ClN3O. The minimum atomic E-state index is 0.0701. The molecular weight excluding hydrogens is 298 g/mol. The maximum Gasteiger partial charge on any atom is 0.133 e. The van der Waals surface area contributed by atoms with Crippen molar-refractivity contribution in [2.45, 2.75) is 33.2 Å². The zero-order valence-corrected chi connectivity index (χ0v) is 14.0. The van der Waals surface area contributed by atoms with Crippen LogP contribution in [0, 0.1) is 6.92 Å². The molecule has 0 aliphatic carbocycles. The van der Waals surface area contributed by atoms with Gasteiger partial charge < -0.3 is 10.0 Å². The van der Waals surface area contributed by atoms with Gasteiger partial charge in [-0.2, -0.15) is 0 Å². The van der Waals surface area contributed by atoms with E-state index >= 15 is 0 Å². The highest BCUT2D eigenvalue weighted by molar-refractivity contribution is 6.30. The van der Waals surface area contributed by atoms with Crippen LogP contribution in [0.1, 0.15) is 36.8 Å². The number of aliphatic hydroxyl groups is 1. The van der Waals surface area contributed by atoms with Crippen LogP contribution in [0.5, 0.6) is 0 Å². The molecule has 22 heavy (non-hydrogen) atoms. The van der Waals surface area contributed by atoms with Gasteiger partial charge in [0, 0.05) is 35.8 Å². The molecule has 1 N–H and O–H groups in total. The second-order valence-corrected chi connectivity index (χ2v) is 6.09. The average Bonchev–Trinajstić information content (AvgIpc) is 2.46. The van der Waals surface area contributed by atoms with Crippen molar-refractivity contribution in [3.05, 3.63) is 52.4 Å². The zero-order valence-electron chi connectivity index (χ0n) is 13.3. The second-order valence-electron chi connectivity index (χ2n) is 5.66. The molecule has 0 saturated heterocycles. The van der Waals surface area contributed by atoms with Crippen molar-refractivity contribution in [2.75, 3.05) is 18.1 Å². The number of hydrogen-bond donors (Lipinski definition) is 1. The maximum absolute atomic E-state index is 9.37. The third-order valence-electron chi connectivity index (χ3n) is 3.33. The van der Waals surface area contributed by atoms with E-state index in [0.29, 0.717) is 18.1 Å². The fourth-order valence-electron chi connectivity index (χ4n) is 2.25. The lowest BCUT2D eigenvalue weighted by molar-refractivity contribution is 0.301. The first kappa shape index (κ1) is 16.7. The van der Waals surface area contributed by atoms with Crippen molar-refractivity contribution < 1.29 is 5.11 Å². The van der Waals surface area contributed by atoms with E-state index in [1.165, 1.54) is 0 Å². The molecule has 0 saturated carbocycles. The van der Waals surface area contributed by atoms with E-state index in [-0.39, 0.29) is 12.5 Å². The third kappa shape index (κ3) is 4.42. The summed E-state index contributed by atoms with van der Waals surface area (Å²) >= 11 is 6.05. The van der Waals surface area contributed by atoms with E-state index in [4.69, 9.17) is 11.6 Å². The molecule has 0 bridgehead atoms. The van der Waals surface area contributed by atoms with E-state index < -0.39 is 0 Å². The monoisotopic (exact) mass is 319 g/mol. The summed E-state index contributed by atoms with van der Waals surface area (Å²) in [6.45, 7) is 7.35. The Kier molecular flexibility index (Phi) is 5.75. The molecule has 4 nitrogen and oxygen atoms in total. The quantitative estimate of drug-likeness (QED) is 0.884. The summed E-state index contributed by atoms with van der Waals surface area (Å²) in [5, 5.41) is 10.1. The van der Waals surface area contributed by atoms with E-state index in [1.807, 2.05) is 42.2 Å². The Morgan fingerprint density at radius 1 is 1.23 bits per heavy atom. The fourth-order valence-corrected chi connectivity index (χ4v) is 2.46. The van der Waals surface area contributed by atoms with E-state index in [1.54, 1.807) is 0 Å². The number of halogens is 1. The molecule has 118 valence electrons. The smallest absolute Gasteiger partial charge is 0.133 e. The molecule has 2 aromatic rings. The molecule has 0 atom stereocenters. The first-order valence-corrected chi connectivity index (χ1v) is 7.83. The van der Waals surface area contributed by atoms with Crippen molar-refractivity contribution >= 4 is 17.4 Å². The zero-order chi connectivity index (χ0) is 16.1. The van der Waals surface area contributed by atoms with Crippen molar-refractivity contribution in [1.82, 2.24) is 9.97 Å². The second kappa shape index (κ2) is 7.56. The maximum atomic E-state index is 9.37. The van der Waals surface area contributed by atoms with E-state index in [0.717, 1.165) is 22.9 Å². The van der Waals surface area contributed by atoms with Crippen molar-refractivity contribution in [2.24, 2.45) is 0 Å². The Morgan fingerprint density at radius 3 is 2.64 bits per heavy atom. The number of aromatic nitrogens is 2. The van der Waals surface area contributed by atoms with Gasteiger partial charge in [0.1, 0.15) is 11.6 Å². The van der Waals surface area contributed by atoms with Gasteiger partial charge in [-0.3, -0.25) is 0 Å². The number of anilines is 1. The number of hydrogen-bond acceptors (Lipinski definition) is 4. The summed E-state index contributed by atoms with van der Waals surface area (Å²) in [5.74, 6) is 1.93. The van der Waals surface area contributed by atoms with Crippen LogP contribution in [0.15, 0.2) is 30.3 Å². The Labute approximate surface area is 136 Å². The molecule has 0 aliphatic rings. The topological polar surface area (TPSA) is 49.2 Å². The van der Waals surface area contributed by atoms with Gasteiger partial charge in [0.25, 0.3) is 0 Å².